The first kappa shape index (κ1) is 17.9. The van der Waals surface area contributed by atoms with E-state index in [1.807, 2.05) is 60.6 Å². The van der Waals surface area contributed by atoms with Crippen LogP contribution in [0.2, 0.25) is 0 Å². The Bertz CT molecular complexity index is 485. The lowest BCUT2D eigenvalue weighted by Crippen LogP contribution is -2.60. The molecule has 0 saturated carbocycles. The third-order valence-corrected chi connectivity index (χ3v) is 6.12. The van der Waals surface area contributed by atoms with Crippen molar-refractivity contribution in [3.63, 3.8) is 0 Å². The van der Waals surface area contributed by atoms with Crippen molar-refractivity contribution in [2.75, 3.05) is 0 Å². The van der Waals surface area contributed by atoms with E-state index in [-0.39, 0.29) is 10.8 Å². The maximum Gasteiger partial charge on any atom is 0.141 e. The van der Waals surface area contributed by atoms with Gasteiger partial charge in [0, 0.05) is 9.77 Å². The number of halogens is 1. The molecule has 116 valence electrons. The Hall–Kier alpha value is -0.170. The van der Waals surface area contributed by atoms with Gasteiger partial charge in [0.1, 0.15) is 14.5 Å². The van der Waals surface area contributed by atoms with Gasteiger partial charge in [-0.2, -0.15) is 14.0 Å². The van der Waals surface area contributed by atoms with E-state index in [1.165, 1.54) is 0 Å². The highest BCUT2D eigenvalue weighted by molar-refractivity contribution is 8.15. The summed E-state index contributed by atoms with van der Waals surface area (Å²) in [6, 6.07) is 0. The van der Waals surface area contributed by atoms with Gasteiger partial charge >= 0.3 is 0 Å². The molecular formula is C14H23ClO4S. The smallest absolute Gasteiger partial charge is 0.141 e. The Labute approximate surface area is 126 Å². The molecule has 0 saturated heterocycles. The Morgan fingerprint density at radius 2 is 1.45 bits per heavy atom. The van der Waals surface area contributed by atoms with Crippen LogP contribution < -0.4 is 14.0 Å². The van der Waals surface area contributed by atoms with Crippen molar-refractivity contribution in [2.45, 2.75) is 48.5 Å². The van der Waals surface area contributed by atoms with Crippen LogP contribution >= 0.6 is 10.8 Å². The molecule has 0 radical (unpaired) electrons. The summed E-state index contributed by atoms with van der Waals surface area (Å²) in [6.07, 6.45) is 3.83. The molecule has 4 nitrogen and oxygen atoms in total. The number of hydrogen-bond acceptors (Lipinski definition) is 4. The molecule has 0 fully saturated rings. The topological polar surface area (TPSA) is 78.4 Å². The van der Waals surface area contributed by atoms with Crippen molar-refractivity contribution in [1.82, 2.24) is 0 Å². The number of hydrogen-bond donors (Lipinski definition) is 0. The largest absolute Gasteiger partial charge is 0.182 e. The van der Waals surface area contributed by atoms with E-state index in [0.29, 0.717) is 0 Å². The van der Waals surface area contributed by atoms with Crippen LogP contribution in [0.5, 0.6) is 0 Å². The second-order valence-corrected chi connectivity index (χ2v) is 9.65. The summed E-state index contributed by atoms with van der Waals surface area (Å²) in [5.41, 5.74) is 0.470. The van der Waals surface area contributed by atoms with Crippen molar-refractivity contribution in [3.05, 3.63) is 22.6 Å². The van der Waals surface area contributed by atoms with Gasteiger partial charge in [-0.1, -0.05) is 41.5 Å². The van der Waals surface area contributed by atoms with Crippen molar-refractivity contribution in [1.29, 1.82) is 0 Å². The molecule has 1 aliphatic heterocycles. The molecule has 0 N–H and O–H groups in total. The molecule has 0 aromatic carbocycles. The molecule has 0 aliphatic carbocycles. The van der Waals surface area contributed by atoms with Crippen molar-refractivity contribution < 1.29 is 28.0 Å². The van der Waals surface area contributed by atoms with E-state index in [9.17, 15) is 14.0 Å². The van der Waals surface area contributed by atoms with Crippen LogP contribution in [0.3, 0.4) is 0 Å². The second kappa shape index (κ2) is 5.55. The molecule has 1 atom stereocenters. The average molecular weight is 323 g/mol. The van der Waals surface area contributed by atoms with Gasteiger partial charge in [0.2, 0.25) is 0 Å². The number of rotatable bonds is 2. The van der Waals surface area contributed by atoms with Crippen LogP contribution in [0.25, 0.3) is 0 Å². The quantitative estimate of drug-likeness (QED) is 0.715. The van der Waals surface area contributed by atoms with Crippen molar-refractivity contribution >= 4 is 15.6 Å². The van der Waals surface area contributed by atoms with Gasteiger partial charge in [0.15, 0.2) is 0 Å². The van der Waals surface area contributed by atoms with E-state index in [1.54, 1.807) is 0 Å². The maximum atomic E-state index is 11.1. The molecule has 0 bridgehead atoms. The normalized spacial score (nSPS) is 21.7. The maximum absolute atomic E-state index is 11.1. The molecule has 20 heavy (non-hydrogen) atoms. The van der Waals surface area contributed by atoms with Crippen LogP contribution in [-0.2, 0) is 3.74 Å². The molecule has 0 aromatic heterocycles. The summed E-state index contributed by atoms with van der Waals surface area (Å²) in [5.74, 6) is 0. The molecule has 1 unspecified atom stereocenters. The summed E-state index contributed by atoms with van der Waals surface area (Å²) in [6.45, 7) is 13.8. The van der Waals surface area contributed by atoms with Gasteiger partial charge < -0.3 is 0 Å². The fourth-order valence-corrected chi connectivity index (χ4v) is 4.91. The summed E-state index contributed by atoms with van der Waals surface area (Å²) in [7, 11) is -5.63. The minimum absolute atomic E-state index is 0.282. The van der Waals surface area contributed by atoms with Gasteiger partial charge in [0.25, 0.3) is 0 Å². The highest BCUT2D eigenvalue weighted by Gasteiger charge is 2.37. The highest BCUT2D eigenvalue weighted by Crippen LogP contribution is 2.47. The molecule has 1 heterocycles. The first-order chi connectivity index (χ1) is 8.72. The minimum Gasteiger partial charge on any atom is -0.182 e. The van der Waals surface area contributed by atoms with Crippen LogP contribution in [0, 0.1) is 21.1 Å². The molecule has 6 heteroatoms. The van der Waals surface area contributed by atoms with Crippen LogP contribution in [0.15, 0.2) is 22.6 Å². The van der Waals surface area contributed by atoms with Gasteiger partial charge in [-0.05, 0) is 35.5 Å². The fraction of sp³-hybridized carbons (Fsp3) is 0.643. The fourth-order valence-electron chi connectivity index (χ4n) is 1.81. The van der Waals surface area contributed by atoms with Crippen LogP contribution in [0.4, 0.5) is 0 Å². The molecular weight excluding hydrogens is 300 g/mol. The lowest BCUT2D eigenvalue weighted by atomic mass is 9.89. The van der Waals surface area contributed by atoms with Gasteiger partial charge in [0.05, 0.1) is 10.2 Å². The molecule has 0 amide bonds. The van der Waals surface area contributed by atoms with Crippen LogP contribution in [-0.4, -0.2) is 4.86 Å². The van der Waals surface area contributed by atoms with E-state index in [2.05, 4.69) is 0 Å². The standard InChI is InChI=1S/C14H23ClO4S/c1-10-8-11(13(2,3)4)20(19-15(16,17)18)12(9-10)14(5,6)7/h8-9H,1-7H3. The average Bonchev–Trinajstić information content (AvgIpc) is 2.14. The van der Waals surface area contributed by atoms with Gasteiger partial charge in [-0.3, -0.25) is 0 Å². The Kier molecular flexibility index (Phi) is 4.97. The van der Waals surface area contributed by atoms with Crippen molar-refractivity contribution in [2.24, 2.45) is 10.8 Å². The lowest BCUT2D eigenvalue weighted by molar-refractivity contribution is -1.91. The lowest BCUT2D eigenvalue weighted by Gasteiger charge is -2.31. The predicted molar refractivity (Wildman–Crippen MR) is 74.4 cm³/mol. The third kappa shape index (κ3) is 4.69. The zero-order valence-corrected chi connectivity index (χ0v) is 14.6. The van der Waals surface area contributed by atoms with E-state index >= 15 is 0 Å². The summed E-state index contributed by atoms with van der Waals surface area (Å²) in [5, 5.41) is 0. The first-order valence-corrected chi connectivity index (χ1v) is 8.73. The zero-order chi connectivity index (χ0) is 15.9. The predicted octanol–water partition coefficient (Wildman–Crippen LogP) is 1.19. The third-order valence-electron chi connectivity index (χ3n) is 2.74. The second-order valence-electron chi connectivity index (χ2n) is 6.97. The summed E-state index contributed by atoms with van der Waals surface area (Å²) < 4.78 is 38.1. The van der Waals surface area contributed by atoms with Gasteiger partial charge in [-0.25, -0.2) is 0 Å². The number of allylic oxidation sites excluding steroid dienone is 4. The monoisotopic (exact) mass is 322 g/mol. The molecule has 0 aromatic rings. The van der Waals surface area contributed by atoms with Gasteiger partial charge in [-0.15, -0.1) is 0 Å². The molecule has 1 aliphatic rings. The Morgan fingerprint density at radius 3 is 1.80 bits per heavy atom. The molecule has 0 spiro atoms. The first-order valence-electron chi connectivity index (χ1n) is 6.35. The Balaban J connectivity index is 3.53. The van der Waals surface area contributed by atoms with E-state index < -0.39 is 21.0 Å². The van der Waals surface area contributed by atoms with E-state index in [4.69, 9.17) is 3.74 Å². The zero-order valence-electron chi connectivity index (χ0n) is 13.1. The highest BCUT2D eigenvalue weighted by atomic mass is 35.7. The summed E-state index contributed by atoms with van der Waals surface area (Å²) in [4.78, 5) is 1.66. The van der Waals surface area contributed by atoms with Crippen molar-refractivity contribution in [3.8, 4) is 0 Å². The molecule has 1 rings (SSSR count). The minimum atomic E-state index is -4.47. The van der Waals surface area contributed by atoms with Crippen LogP contribution in [0.1, 0.15) is 48.5 Å². The van der Waals surface area contributed by atoms with E-state index in [0.717, 1.165) is 15.3 Å². The summed E-state index contributed by atoms with van der Waals surface area (Å²) >= 11 is 0. The Morgan fingerprint density at radius 1 is 0.950 bits per heavy atom. The SMILES string of the molecule is CC1=CC(C(C)(C)C)=S(O[Cl+3]([O-])([O-])[O-])C(C(C)(C)C)=C1.